The average molecular weight is 924 g/mol. The molecular formula is C60H106O6. The molecule has 0 N–H and O–H groups in total. The molecule has 0 amide bonds. The number of allylic oxidation sites excluding steroid dienone is 10. The van der Waals surface area contributed by atoms with Crippen LogP contribution in [0.15, 0.2) is 60.8 Å². The molecule has 0 saturated heterocycles. The molecule has 0 aromatic heterocycles. The van der Waals surface area contributed by atoms with Crippen LogP contribution in [0.5, 0.6) is 0 Å². The zero-order valence-electron chi connectivity index (χ0n) is 43.7. The molecule has 0 aliphatic carbocycles. The Morgan fingerprint density at radius 1 is 0.318 bits per heavy atom. The van der Waals surface area contributed by atoms with Gasteiger partial charge in [-0.2, -0.15) is 0 Å². The molecule has 0 fully saturated rings. The summed E-state index contributed by atoms with van der Waals surface area (Å²) in [5, 5.41) is 0. The Morgan fingerprint density at radius 2 is 0.591 bits per heavy atom. The molecule has 66 heavy (non-hydrogen) atoms. The largest absolute Gasteiger partial charge is 0.462 e. The van der Waals surface area contributed by atoms with E-state index in [1.165, 1.54) is 161 Å². The number of unbranched alkanes of at least 4 members (excludes halogenated alkanes) is 33. The first-order chi connectivity index (χ1) is 32.5. The van der Waals surface area contributed by atoms with Crippen molar-refractivity contribution in [2.75, 3.05) is 13.2 Å². The number of esters is 3. The summed E-state index contributed by atoms with van der Waals surface area (Å²) in [5.74, 6) is -0.893. The maximum absolute atomic E-state index is 12.8. The van der Waals surface area contributed by atoms with E-state index in [9.17, 15) is 14.4 Å². The fourth-order valence-electron chi connectivity index (χ4n) is 8.08. The molecule has 1 atom stereocenters. The lowest BCUT2D eigenvalue weighted by Gasteiger charge is -2.18. The predicted molar refractivity (Wildman–Crippen MR) is 284 cm³/mol. The molecule has 0 saturated carbocycles. The predicted octanol–water partition coefficient (Wildman–Crippen LogP) is 18.8. The van der Waals surface area contributed by atoms with E-state index in [4.69, 9.17) is 14.2 Å². The third-order valence-electron chi connectivity index (χ3n) is 12.3. The van der Waals surface area contributed by atoms with Crippen molar-refractivity contribution in [3.05, 3.63) is 60.8 Å². The minimum absolute atomic E-state index is 0.0804. The third kappa shape index (κ3) is 52.1. The number of carbonyl (C=O) groups is 3. The molecule has 0 rings (SSSR count). The summed E-state index contributed by atoms with van der Waals surface area (Å²) >= 11 is 0. The Bertz CT molecular complexity index is 1200. The summed E-state index contributed by atoms with van der Waals surface area (Å²) in [6, 6.07) is 0. The maximum Gasteiger partial charge on any atom is 0.306 e. The van der Waals surface area contributed by atoms with Gasteiger partial charge in [-0.3, -0.25) is 14.4 Å². The van der Waals surface area contributed by atoms with Crippen LogP contribution in [0.25, 0.3) is 0 Å². The second-order valence-corrected chi connectivity index (χ2v) is 18.9. The van der Waals surface area contributed by atoms with Crippen molar-refractivity contribution in [3.8, 4) is 0 Å². The number of ether oxygens (including phenoxy) is 3. The molecule has 0 aliphatic rings. The number of hydrogen-bond donors (Lipinski definition) is 0. The van der Waals surface area contributed by atoms with Crippen LogP contribution in [0.1, 0.15) is 284 Å². The molecule has 0 aliphatic heterocycles. The van der Waals surface area contributed by atoms with Gasteiger partial charge in [0.25, 0.3) is 0 Å². The lowest BCUT2D eigenvalue weighted by molar-refractivity contribution is -0.167. The Labute approximate surface area is 409 Å². The first-order valence-electron chi connectivity index (χ1n) is 28.3. The van der Waals surface area contributed by atoms with Crippen LogP contribution in [0.4, 0.5) is 0 Å². The summed E-state index contributed by atoms with van der Waals surface area (Å²) in [5.41, 5.74) is 0. The first-order valence-corrected chi connectivity index (χ1v) is 28.3. The molecule has 0 aromatic rings. The van der Waals surface area contributed by atoms with E-state index in [1.54, 1.807) is 0 Å². The van der Waals surface area contributed by atoms with Gasteiger partial charge in [-0.1, -0.05) is 261 Å². The van der Waals surface area contributed by atoms with Crippen LogP contribution in [0, 0.1) is 0 Å². The highest BCUT2D eigenvalue weighted by molar-refractivity contribution is 5.71. The molecule has 0 spiro atoms. The minimum atomic E-state index is -0.782. The van der Waals surface area contributed by atoms with Crippen molar-refractivity contribution in [1.82, 2.24) is 0 Å². The fraction of sp³-hybridized carbons (Fsp3) is 0.783. The van der Waals surface area contributed by atoms with Gasteiger partial charge in [0.1, 0.15) is 13.2 Å². The van der Waals surface area contributed by atoms with Crippen LogP contribution in [0.3, 0.4) is 0 Å². The molecule has 6 heteroatoms. The summed E-state index contributed by atoms with van der Waals surface area (Å²) in [4.78, 5) is 38.1. The summed E-state index contributed by atoms with van der Waals surface area (Å²) in [6.07, 6.45) is 67.8. The number of hydrogen-bond acceptors (Lipinski definition) is 6. The highest BCUT2D eigenvalue weighted by Gasteiger charge is 2.19. The van der Waals surface area contributed by atoms with E-state index in [1.807, 2.05) is 0 Å². The summed E-state index contributed by atoms with van der Waals surface area (Å²) < 4.78 is 16.8. The van der Waals surface area contributed by atoms with Gasteiger partial charge in [0.2, 0.25) is 0 Å². The Kier molecular flexibility index (Phi) is 52.3. The van der Waals surface area contributed by atoms with Crippen LogP contribution in [-0.4, -0.2) is 37.2 Å². The lowest BCUT2D eigenvalue weighted by Crippen LogP contribution is -2.30. The Balaban J connectivity index is 4.35. The SMILES string of the molecule is CC\C=C/C=C\C=C/CCCCCCCC(=O)OCC(COC(=O)CCCCCCCCCCCC/C=C\C=C/CCCCC)OC(=O)CCCCCCCCCCCCCCCCCC. The van der Waals surface area contributed by atoms with Crippen LogP contribution < -0.4 is 0 Å². The van der Waals surface area contributed by atoms with Crippen molar-refractivity contribution in [3.63, 3.8) is 0 Å². The average Bonchev–Trinajstić information content (AvgIpc) is 3.31. The van der Waals surface area contributed by atoms with Gasteiger partial charge in [0.15, 0.2) is 6.10 Å². The van der Waals surface area contributed by atoms with E-state index < -0.39 is 6.10 Å². The normalized spacial score (nSPS) is 12.5. The van der Waals surface area contributed by atoms with E-state index in [-0.39, 0.29) is 31.1 Å². The smallest absolute Gasteiger partial charge is 0.306 e. The molecule has 0 aromatic carbocycles. The molecule has 6 nitrogen and oxygen atoms in total. The molecular weight excluding hydrogens is 817 g/mol. The van der Waals surface area contributed by atoms with Crippen molar-refractivity contribution in [2.24, 2.45) is 0 Å². The topological polar surface area (TPSA) is 78.9 Å². The van der Waals surface area contributed by atoms with Crippen LogP contribution in [0.2, 0.25) is 0 Å². The van der Waals surface area contributed by atoms with Gasteiger partial charge < -0.3 is 14.2 Å². The zero-order chi connectivity index (χ0) is 47.9. The van der Waals surface area contributed by atoms with Crippen molar-refractivity contribution >= 4 is 17.9 Å². The van der Waals surface area contributed by atoms with Gasteiger partial charge in [-0.15, -0.1) is 0 Å². The van der Waals surface area contributed by atoms with Crippen LogP contribution >= 0.6 is 0 Å². The monoisotopic (exact) mass is 923 g/mol. The molecule has 382 valence electrons. The highest BCUT2D eigenvalue weighted by Crippen LogP contribution is 2.16. The van der Waals surface area contributed by atoms with Gasteiger partial charge in [-0.05, 0) is 64.2 Å². The van der Waals surface area contributed by atoms with Gasteiger partial charge in [-0.25, -0.2) is 0 Å². The van der Waals surface area contributed by atoms with Crippen molar-refractivity contribution < 1.29 is 28.6 Å². The summed E-state index contributed by atoms with van der Waals surface area (Å²) in [7, 11) is 0. The van der Waals surface area contributed by atoms with Gasteiger partial charge in [0, 0.05) is 19.3 Å². The van der Waals surface area contributed by atoms with Crippen molar-refractivity contribution in [1.29, 1.82) is 0 Å². The second-order valence-electron chi connectivity index (χ2n) is 18.9. The fourth-order valence-corrected chi connectivity index (χ4v) is 8.08. The van der Waals surface area contributed by atoms with E-state index in [0.717, 1.165) is 83.5 Å². The number of rotatable bonds is 51. The molecule has 0 heterocycles. The van der Waals surface area contributed by atoms with Gasteiger partial charge >= 0.3 is 17.9 Å². The van der Waals surface area contributed by atoms with E-state index in [2.05, 4.69) is 81.5 Å². The molecule has 0 bridgehead atoms. The Hall–Kier alpha value is -2.89. The summed E-state index contributed by atoms with van der Waals surface area (Å²) in [6.45, 7) is 6.49. The van der Waals surface area contributed by atoms with Gasteiger partial charge in [0.05, 0.1) is 0 Å². The minimum Gasteiger partial charge on any atom is -0.462 e. The van der Waals surface area contributed by atoms with Crippen molar-refractivity contribution in [2.45, 2.75) is 290 Å². The zero-order valence-corrected chi connectivity index (χ0v) is 43.7. The second kappa shape index (κ2) is 54.7. The first kappa shape index (κ1) is 63.1. The molecule has 0 radical (unpaired) electrons. The maximum atomic E-state index is 12.8. The number of carbonyl (C=O) groups excluding carboxylic acids is 3. The lowest BCUT2D eigenvalue weighted by atomic mass is 10.0. The third-order valence-corrected chi connectivity index (χ3v) is 12.3. The van der Waals surface area contributed by atoms with E-state index in [0.29, 0.717) is 19.3 Å². The molecule has 1 unspecified atom stereocenters. The quantitative estimate of drug-likeness (QED) is 0.0262. The van der Waals surface area contributed by atoms with Crippen LogP contribution in [-0.2, 0) is 28.6 Å². The van der Waals surface area contributed by atoms with E-state index >= 15 is 0 Å². The Morgan fingerprint density at radius 3 is 0.955 bits per heavy atom. The highest BCUT2D eigenvalue weighted by atomic mass is 16.6. The standard InChI is InChI=1S/C60H106O6/c1-4-7-10-13-16-19-22-25-27-29-30-31-33-35-38-41-44-47-50-53-59(62)65-56-57(55-64-58(61)52-49-46-43-40-37-34-24-21-18-15-12-9-6-3)66-60(63)54-51-48-45-42-39-36-32-28-26-23-20-17-14-11-8-5-2/h9,12,15-16,18-19,21-22,24-25,57H,4-8,10-11,13-14,17,20,23,26-56H2,1-3H3/b12-9-,18-15-,19-16-,24-21-,25-22-.